The molecule has 3 rings (SSSR count). The maximum atomic E-state index is 10.8. The Hall–Kier alpha value is -2.18. The van der Waals surface area contributed by atoms with Gasteiger partial charge in [0.05, 0.1) is 10.6 Å². The molecule has 2 aromatic rings. The quantitative estimate of drug-likeness (QED) is 0.657. The van der Waals surface area contributed by atoms with Crippen LogP contribution in [0.4, 0.5) is 11.4 Å². The summed E-state index contributed by atoms with van der Waals surface area (Å²) in [6, 6.07) is 3.09. The first-order valence-corrected chi connectivity index (χ1v) is 6.39. The monoisotopic (exact) mass is 262 g/mol. The highest BCUT2D eigenvalue weighted by Gasteiger charge is 2.20. The summed E-state index contributed by atoms with van der Waals surface area (Å²) in [4.78, 5) is 10.4. The average molecular weight is 262 g/mol. The van der Waals surface area contributed by atoms with Gasteiger partial charge in [-0.3, -0.25) is 10.1 Å². The highest BCUT2D eigenvalue weighted by atomic mass is 16.6. The first kappa shape index (κ1) is 11.9. The van der Waals surface area contributed by atoms with Gasteiger partial charge in [-0.1, -0.05) is 19.3 Å². The van der Waals surface area contributed by atoms with Crippen molar-refractivity contribution >= 4 is 22.4 Å². The lowest BCUT2D eigenvalue weighted by molar-refractivity contribution is -0.383. The lowest BCUT2D eigenvalue weighted by atomic mass is 9.83. The van der Waals surface area contributed by atoms with Crippen molar-refractivity contribution in [3.63, 3.8) is 0 Å². The highest BCUT2D eigenvalue weighted by molar-refractivity contribution is 5.93. The third kappa shape index (κ3) is 2.23. The Morgan fingerprint density at radius 3 is 2.84 bits per heavy atom. The molecule has 0 bridgehead atoms. The van der Waals surface area contributed by atoms with Crippen LogP contribution in [0.15, 0.2) is 16.8 Å². The summed E-state index contributed by atoms with van der Waals surface area (Å²) >= 11 is 0. The zero-order valence-corrected chi connectivity index (χ0v) is 10.3. The number of nitrogens with one attached hydrogen (secondary N) is 1. The summed E-state index contributed by atoms with van der Waals surface area (Å²) in [7, 11) is 0. The summed E-state index contributed by atoms with van der Waals surface area (Å²) < 4.78 is 4.61. The van der Waals surface area contributed by atoms with Gasteiger partial charge in [0.2, 0.25) is 5.52 Å². The second-order valence-electron chi connectivity index (χ2n) is 4.86. The van der Waals surface area contributed by atoms with Crippen molar-refractivity contribution in [2.45, 2.75) is 25.7 Å². The van der Waals surface area contributed by atoms with E-state index in [2.05, 4.69) is 20.3 Å². The van der Waals surface area contributed by atoms with E-state index in [4.69, 9.17) is 0 Å². The van der Waals surface area contributed by atoms with Gasteiger partial charge in [0.25, 0.3) is 0 Å². The molecular formula is C12H14N4O3. The van der Waals surface area contributed by atoms with Crippen molar-refractivity contribution in [2.24, 2.45) is 5.92 Å². The Kier molecular flexibility index (Phi) is 3.02. The van der Waals surface area contributed by atoms with E-state index in [1.165, 1.54) is 25.3 Å². The summed E-state index contributed by atoms with van der Waals surface area (Å²) in [6.07, 6.45) is 5.06. The first-order chi connectivity index (χ1) is 9.25. The average Bonchev–Trinajstić information content (AvgIpc) is 2.80. The largest absolute Gasteiger partial charge is 0.383 e. The van der Waals surface area contributed by atoms with Crippen LogP contribution in [0.2, 0.25) is 0 Å². The lowest BCUT2D eigenvalue weighted by Crippen LogP contribution is -2.15. The van der Waals surface area contributed by atoms with E-state index in [1.54, 1.807) is 6.07 Å². The van der Waals surface area contributed by atoms with E-state index in [-0.39, 0.29) is 11.2 Å². The SMILES string of the molecule is O=[N+]([O-])c1ccc(NCCC2CCC2)c2nonc12. The number of aromatic nitrogens is 2. The number of benzene rings is 1. The minimum Gasteiger partial charge on any atom is -0.383 e. The highest BCUT2D eigenvalue weighted by Crippen LogP contribution is 2.31. The van der Waals surface area contributed by atoms with Crippen molar-refractivity contribution in [1.82, 2.24) is 10.3 Å². The van der Waals surface area contributed by atoms with E-state index >= 15 is 0 Å². The van der Waals surface area contributed by atoms with Gasteiger partial charge in [0, 0.05) is 12.6 Å². The molecule has 0 atom stereocenters. The van der Waals surface area contributed by atoms with Gasteiger partial charge in [-0.25, -0.2) is 4.63 Å². The number of nitro groups is 1. The molecule has 1 saturated carbocycles. The van der Waals surface area contributed by atoms with Crippen molar-refractivity contribution < 1.29 is 9.55 Å². The van der Waals surface area contributed by atoms with Crippen molar-refractivity contribution in [3.8, 4) is 0 Å². The zero-order valence-electron chi connectivity index (χ0n) is 10.3. The number of rotatable bonds is 5. The molecule has 0 aliphatic heterocycles. The third-order valence-electron chi connectivity index (χ3n) is 3.68. The zero-order chi connectivity index (χ0) is 13.2. The molecule has 1 fully saturated rings. The molecule has 1 aliphatic carbocycles. The second kappa shape index (κ2) is 4.83. The molecular weight excluding hydrogens is 248 g/mol. The first-order valence-electron chi connectivity index (χ1n) is 6.39. The molecule has 1 aromatic carbocycles. The van der Waals surface area contributed by atoms with Gasteiger partial charge in [-0.15, -0.1) is 0 Å². The standard InChI is InChI=1S/C12H14N4O3/c17-16(18)10-5-4-9(11-12(10)15-19-14-11)13-7-6-8-2-1-3-8/h4-5,8,13H,1-3,6-7H2. The number of nitrogens with zero attached hydrogens (tertiary/aromatic N) is 3. The minimum absolute atomic E-state index is 0.0826. The van der Waals surface area contributed by atoms with E-state index in [0.29, 0.717) is 5.52 Å². The molecule has 0 unspecified atom stereocenters. The van der Waals surface area contributed by atoms with Crippen molar-refractivity contribution in [3.05, 3.63) is 22.2 Å². The number of fused-ring (bicyclic) bond motifs is 1. The fraction of sp³-hybridized carbons (Fsp3) is 0.500. The maximum absolute atomic E-state index is 10.8. The van der Waals surface area contributed by atoms with Gasteiger partial charge in [0.1, 0.15) is 0 Å². The third-order valence-corrected chi connectivity index (χ3v) is 3.68. The van der Waals surface area contributed by atoms with Crippen LogP contribution in [0, 0.1) is 16.0 Å². The molecule has 7 heteroatoms. The molecule has 0 spiro atoms. The maximum Gasteiger partial charge on any atom is 0.300 e. The summed E-state index contributed by atoms with van der Waals surface area (Å²) in [5.41, 5.74) is 1.27. The van der Waals surface area contributed by atoms with Crippen LogP contribution in [0.5, 0.6) is 0 Å². The predicted molar refractivity (Wildman–Crippen MR) is 68.9 cm³/mol. The van der Waals surface area contributed by atoms with Crippen LogP contribution in [0.3, 0.4) is 0 Å². The number of nitro benzene ring substituents is 1. The minimum atomic E-state index is -0.481. The Morgan fingerprint density at radius 2 is 2.16 bits per heavy atom. The Labute approximate surface area is 109 Å². The molecule has 1 aromatic heterocycles. The van der Waals surface area contributed by atoms with Crippen molar-refractivity contribution in [1.29, 1.82) is 0 Å². The molecule has 19 heavy (non-hydrogen) atoms. The molecule has 0 amide bonds. The number of hydrogen-bond acceptors (Lipinski definition) is 6. The summed E-state index contributed by atoms with van der Waals surface area (Å²) in [5.74, 6) is 0.816. The summed E-state index contributed by atoms with van der Waals surface area (Å²) in [5, 5.41) is 21.4. The van der Waals surface area contributed by atoms with Crippen LogP contribution < -0.4 is 5.32 Å². The van der Waals surface area contributed by atoms with Gasteiger partial charge < -0.3 is 5.32 Å². The Balaban J connectivity index is 1.77. The van der Waals surface area contributed by atoms with E-state index < -0.39 is 4.92 Å². The lowest BCUT2D eigenvalue weighted by Gasteiger charge is -2.25. The molecule has 7 nitrogen and oxygen atoms in total. The Bertz CT molecular complexity index is 606. The smallest absolute Gasteiger partial charge is 0.300 e. The second-order valence-corrected chi connectivity index (χ2v) is 4.86. The van der Waals surface area contributed by atoms with Crippen LogP contribution in [0.25, 0.3) is 11.0 Å². The van der Waals surface area contributed by atoms with Gasteiger partial charge in [-0.05, 0) is 28.7 Å². The summed E-state index contributed by atoms with van der Waals surface area (Å²) in [6.45, 7) is 0.838. The van der Waals surface area contributed by atoms with Gasteiger partial charge in [-0.2, -0.15) is 0 Å². The normalized spacial score (nSPS) is 15.4. The van der Waals surface area contributed by atoms with Crippen molar-refractivity contribution in [2.75, 3.05) is 11.9 Å². The number of non-ortho nitro benzene ring substituents is 1. The number of anilines is 1. The van der Waals surface area contributed by atoms with E-state index in [1.807, 2.05) is 0 Å². The van der Waals surface area contributed by atoms with Crippen LogP contribution in [-0.2, 0) is 0 Å². The molecule has 0 saturated heterocycles. The number of hydrogen-bond donors (Lipinski definition) is 1. The van der Waals surface area contributed by atoms with Crippen LogP contribution in [0.1, 0.15) is 25.7 Å². The predicted octanol–water partition coefficient (Wildman–Crippen LogP) is 2.73. The van der Waals surface area contributed by atoms with E-state index in [0.717, 1.165) is 24.6 Å². The molecule has 1 N–H and O–H groups in total. The topological polar surface area (TPSA) is 94.1 Å². The molecule has 100 valence electrons. The van der Waals surface area contributed by atoms with Crippen LogP contribution >= 0.6 is 0 Å². The van der Waals surface area contributed by atoms with E-state index in [9.17, 15) is 10.1 Å². The van der Waals surface area contributed by atoms with Gasteiger partial charge in [0.15, 0.2) is 5.52 Å². The fourth-order valence-corrected chi connectivity index (χ4v) is 2.34. The molecule has 1 aliphatic rings. The fourth-order valence-electron chi connectivity index (χ4n) is 2.34. The van der Waals surface area contributed by atoms with Crippen LogP contribution in [-0.4, -0.2) is 21.8 Å². The van der Waals surface area contributed by atoms with Gasteiger partial charge >= 0.3 is 5.69 Å². The molecule has 1 heterocycles. The molecule has 0 radical (unpaired) electrons. The Morgan fingerprint density at radius 1 is 1.37 bits per heavy atom.